The highest BCUT2D eigenvalue weighted by Gasteiger charge is 2.05. The summed E-state index contributed by atoms with van der Waals surface area (Å²) in [5.74, 6) is 1.08. The van der Waals surface area contributed by atoms with E-state index in [9.17, 15) is 0 Å². The van der Waals surface area contributed by atoms with E-state index in [1.807, 2.05) is 48.3 Å². The van der Waals surface area contributed by atoms with Gasteiger partial charge >= 0.3 is 0 Å². The molecule has 0 bridgehead atoms. The average molecular weight is 254 g/mol. The number of nitriles is 1. The van der Waals surface area contributed by atoms with Crippen molar-refractivity contribution in [3.8, 4) is 6.07 Å². The number of nitrogens with one attached hydrogen (secondary N) is 1. The Morgan fingerprint density at radius 3 is 2.68 bits per heavy atom. The van der Waals surface area contributed by atoms with Crippen molar-refractivity contribution in [1.82, 2.24) is 14.9 Å². The summed E-state index contributed by atoms with van der Waals surface area (Å²) in [6.07, 6.45) is 4.68. The van der Waals surface area contributed by atoms with E-state index < -0.39 is 0 Å². The van der Waals surface area contributed by atoms with Gasteiger partial charge in [0.25, 0.3) is 0 Å². The van der Waals surface area contributed by atoms with Gasteiger partial charge in [-0.15, -0.1) is 0 Å². The summed E-state index contributed by atoms with van der Waals surface area (Å²) in [6.45, 7) is 3.01. The Kier molecular flexibility index (Phi) is 4.32. The number of imidazole rings is 1. The van der Waals surface area contributed by atoms with E-state index >= 15 is 0 Å². The molecule has 0 aliphatic rings. The molecule has 0 saturated carbocycles. The first-order valence-corrected chi connectivity index (χ1v) is 6.40. The molecule has 0 fully saturated rings. The molecule has 4 nitrogen and oxygen atoms in total. The van der Waals surface area contributed by atoms with Gasteiger partial charge in [-0.2, -0.15) is 5.26 Å². The molecule has 1 unspecified atom stereocenters. The zero-order chi connectivity index (χ0) is 13.7. The molecule has 19 heavy (non-hydrogen) atoms. The van der Waals surface area contributed by atoms with E-state index in [4.69, 9.17) is 5.26 Å². The lowest BCUT2D eigenvalue weighted by atomic mass is 10.1. The molecule has 1 atom stereocenters. The second-order valence-electron chi connectivity index (χ2n) is 4.61. The lowest BCUT2D eigenvalue weighted by Gasteiger charge is -2.14. The molecule has 0 radical (unpaired) electrons. The minimum Gasteiger partial charge on any atom is -0.338 e. The van der Waals surface area contributed by atoms with Gasteiger partial charge in [0.05, 0.1) is 11.6 Å². The highest BCUT2D eigenvalue weighted by atomic mass is 15.0. The van der Waals surface area contributed by atoms with Crippen LogP contribution in [0.15, 0.2) is 36.7 Å². The zero-order valence-electron chi connectivity index (χ0n) is 11.3. The van der Waals surface area contributed by atoms with Crippen molar-refractivity contribution in [2.45, 2.75) is 19.4 Å². The fraction of sp³-hybridized carbons (Fsp3) is 0.333. The predicted octanol–water partition coefficient (Wildman–Crippen LogP) is 2.19. The SMILES string of the molecule is CC(NCCc1nccn1C)c1ccc(C#N)cc1. The van der Waals surface area contributed by atoms with Crippen LogP contribution >= 0.6 is 0 Å². The van der Waals surface area contributed by atoms with Crippen LogP contribution in [-0.4, -0.2) is 16.1 Å². The van der Waals surface area contributed by atoms with Gasteiger partial charge in [-0.1, -0.05) is 12.1 Å². The number of hydrogen-bond donors (Lipinski definition) is 1. The molecule has 2 aromatic rings. The molecule has 0 amide bonds. The summed E-state index contributed by atoms with van der Waals surface area (Å²) >= 11 is 0. The van der Waals surface area contributed by atoms with Gasteiger partial charge in [0.1, 0.15) is 5.82 Å². The second-order valence-corrected chi connectivity index (χ2v) is 4.61. The van der Waals surface area contributed by atoms with Gasteiger partial charge in [-0.3, -0.25) is 0 Å². The fourth-order valence-electron chi connectivity index (χ4n) is 2.00. The van der Waals surface area contributed by atoms with Crippen LogP contribution in [0.3, 0.4) is 0 Å². The van der Waals surface area contributed by atoms with E-state index in [0.29, 0.717) is 5.56 Å². The maximum Gasteiger partial charge on any atom is 0.109 e. The van der Waals surface area contributed by atoms with Gasteiger partial charge < -0.3 is 9.88 Å². The summed E-state index contributed by atoms with van der Waals surface area (Å²) in [7, 11) is 2.01. The number of hydrogen-bond acceptors (Lipinski definition) is 3. The van der Waals surface area contributed by atoms with Crippen LogP contribution in [0.2, 0.25) is 0 Å². The van der Waals surface area contributed by atoms with Crippen LogP contribution in [0, 0.1) is 11.3 Å². The Morgan fingerprint density at radius 2 is 2.11 bits per heavy atom. The summed E-state index contributed by atoms with van der Waals surface area (Å²) in [4.78, 5) is 4.29. The monoisotopic (exact) mass is 254 g/mol. The van der Waals surface area contributed by atoms with E-state index in [2.05, 4.69) is 23.3 Å². The maximum absolute atomic E-state index is 8.77. The number of aryl methyl sites for hydroxylation is 1. The van der Waals surface area contributed by atoms with Gasteiger partial charge in [0.15, 0.2) is 0 Å². The Bertz CT molecular complexity index is 563. The number of nitrogens with zero attached hydrogens (tertiary/aromatic N) is 3. The summed E-state index contributed by atoms with van der Waals surface area (Å²) in [6, 6.07) is 10.1. The molecule has 1 N–H and O–H groups in total. The number of rotatable bonds is 5. The first kappa shape index (κ1) is 13.3. The van der Waals surface area contributed by atoms with Crippen LogP contribution in [0.1, 0.15) is 29.9 Å². The van der Waals surface area contributed by atoms with Gasteiger partial charge in [0.2, 0.25) is 0 Å². The minimum atomic E-state index is 0.271. The van der Waals surface area contributed by atoms with Crippen molar-refractivity contribution >= 4 is 0 Å². The number of benzene rings is 1. The molecule has 0 aliphatic carbocycles. The first-order chi connectivity index (χ1) is 9.20. The molecule has 1 heterocycles. The Labute approximate surface area is 113 Å². The Hall–Kier alpha value is -2.12. The normalized spacial score (nSPS) is 12.1. The molecular weight excluding hydrogens is 236 g/mol. The Morgan fingerprint density at radius 1 is 1.37 bits per heavy atom. The average Bonchev–Trinajstić information content (AvgIpc) is 2.84. The van der Waals surface area contributed by atoms with Crippen molar-refractivity contribution in [3.63, 3.8) is 0 Å². The van der Waals surface area contributed by atoms with Crippen molar-refractivity contribution < 1.29 is 0 Å². The third kappa shape index (κ3) is 3.43. The largest absolute Gasteiger partial charge is 0.338 e. The van der Waals surface area contributed by atoms with Gasteiger partial charge in [-0.25, -0.2) is 4.98 Å². The zero-order valence-corrected chi connectivity index (χ0v) is 11.3. The van der Waals surface area contributed by atoms with Crippen LogP contribution in [-0.2, 0) is 13.5 Å². The molecule has 2 rings (SSSR count). The van der Waals surface area contributed by atoms with Gasteiger partial charge in [0, 0.05) is 38.4 Å². The molecule has 1 aromatic heterocycles. The molecular formula is C15H18N4. The van der Waals surface area contributed by atoms with Crippen molar-refractivity contribution in [3.05, 3.63) is 53.6 Å². The number of aromatic nitrogens is 2. The minimum absolute atomic E-state index is 0.271. The van der Waals surface area contributed by atoms with E-state index in [-0.39, 0.29) is 6.04 Å². The molecule has 0 spiro atoms. The quantitative estimate of drug-likeness (QED) is 0.889. The lowest BCUT2D eigenvalue weighted by molar-refractivity contribution is 0.565. The molecule has 98 valence electrons. The van der Waals surface area contributed by atoms with Crippen LogP contribution in [0.5, 0.6) is 0 Å². The van der Waals surface area contributed by atoms with Crippen LogP contribution < -0.4 is 5.32 Å². The van der Waals surface area contributed by atoms with Crippen LogP contribution in [0.25, 0.3) is 0 Å². The van der Waals surface area contributed by atoms with E-state index in [1.165, 1.54) is 5.56 Å². The van der Waals surface area contributed by atoms with Crippen molar-refractivity contribution in [1.29, 1.82) is 5.26 Å². The maximum atomic E-state index is 8.77. The first-order valence-electron chi connectivity index (χ1n) is 6.40. The second kappa shape index (κ2) is 6.17. The fourth-order valence-corrected chi connectivity index (χ4v) is 2.00. The van der Waals surface area contributed by atoms with E-state index in [0.717, 1.165) is 18.8 Å². The summed E-state index contributed by atoms with van der Waals surface area (Å²) < 4.78 is 2.04. The third-order valence-corrected chi connectivity index (χ3v) is 3.26. The van der Waals surface area contributed by atoms with Crippen molar-refractivity contribution in [2.24, 2.45) is 7.05 Å². The summed E-state index contributed by atoms with van der Waals surface area (Å²) in [5.41, 5.74) is 1.89. The molecule has 4 heteroatoms. The highest BCUT2D eigenvalue weighted by molar-refractivity contribution is 5.32. The third-order valence-electron chi connectivity index (χ3n) is 3.26. The topological polar surface area (TPSA) is 53.6 Å². The molecule has 0 saturated heterocycles. The van der Waals surface area contributed by atoms with E-state index in [1.54, 1.807) is 0 Å². The van der Waals surface area contributed by atoms with Gasteiger partial charge in [-0.05, 0) is 24.6 Å². The Balaban J connectivity index is 1.85. The van der Waals surface area contributed by atoms with Crippen LogP contribution in [0.4, 0.5) is 0 Å². The smallest absolute Gasteiger partial charge is 0.109 e. The lowest BCUT2D eigenvalue weighted by Crippen LogP contribution is -2.22. The highest BCUT2D eigenvalue weighted by Crippen LogP contribution is 2.12. The predicted molar refractivity (Wildman–Crippen MR) is 74.5 cm³/mol. The summed E-state index contributed by atoms with van der Waals surface area (Å²) in [5, 5.41) is 12.2. The standard InChI is InChI=1S/C15H18N4/c1-12(14-5-3-13(11-16)4-6-14)17-8-7-15-18-9-10-19(15)2/h3-6,9-10,12,17H,7-8H2,1-2H3. The molecule has 1 aromatic carbocycles. The molecule has 0 aliphatic heterocycles. The van der Waals surface area contributed by atoms with Crippen molar-refractivity contribution in [2.75, 3.05) is 6.54 Å².